The number of carboxylic acids is 1. The van der Waals surface area contributed by atoms with Gasteiger partial charge >= 0.3 is 5.97 Å². The molecule has 1 aromatic heterocycles. The van der Waals surface area contributed by atoms with Gasteiger partial charge in [-0.1, -0.05) is 56.6 Å². The molecule has 3 aromatic carbocycles. The second-order valence-electron chi connectivity index (χ2n) is 11.1. The van der Waals surface area contributed by atoms with Gasteiger partial charge in [-0.25, -0.2) is 18.2 Å². The number of anilines is 1. The number of hydrogen-bond acceptors (Lipinski definition) is 7. The van der Waals surface area contributed by atoms with Crippen molar-refractivity contribution in [2.24, 2.45) is 0 Å². The second-order valence-corrected chi connectivity index (χ2v) is 14.6. The van der Waals surface area contributed by atoms with Crippen LogP contribution in [-0.2, 0) is 26.5 Å². The van der Waals surface area contributed by atoms with Gasteiger partial charge in [-0.3, -0.25) is 4.79 Å². The van der Waals surface area contributed by atoms with E-state index in [0.29, 0.717) is 23.4 Å². The van der Waals surface area contributed by atoms with E-state index in [1.165, 1.54) is 24.3 Å². The van der Waals surface area contributed by atoms with Crippen molar-refractivity contribution in [3.8, 4) is 5.75 Å². The molecule has 0 atom stereocenters. The third-order valence-electron chi connectivity index (χ3n) is 6.55. The van der Waals surface area contributed by atoms with E-state index in [0.717, 1.165) is 21.8 Å². The first-order valence-corrected chi connectivity index (χ1v) is 16.7. The van der Waals surface area contributed by atoms with Crippen LogP contribution in [0.15, 0.2) is 77.0 Å². The molecule has 0 aliphatic heterocycles. The van der Waals surface area contributed by atoms with Crippen molar-refractivity contribution in [1.29, 1.82) is 0 Å². The zero-order chi connectivity index (χ0) is 31.9. The van der Waals surface area contributed by atoms with E-state index in [-0.39, 0.29) is 27.5 Å². The quantitative estimate of drug-likeness (QED) is 0.164. The number of carbonyl (C=O) groups is 2. The number of sulfone groups is 1. The molecule has 2 N–H and O–H groups in total. The highest BCUT2D eigenvalue weighted by atomic mass is 35.5. The van der Waals surface area contributed by atoms with E-state index in [2.05, 4.69) is 31.1 Å². The van der Waals surface area contributed by atoms with Gasteiger partial charge in [0.2, 0.25) is 0 Å². The number of thiazole rings is 1. The van der Waals surface area contributed by atoms with E-state index in [4.69, 9.17) is 21.4 Å². The molecule has 0 aliphatic rings. The summed E-state index contributed by atoms with van der Waals surface area (Å²) in [7, 11) is -3.50. The number of hydrogen-bond donors (Lipinski definition) is 2. The highest BCUT2D eigenvalue weighted by Crippen LogP contribution is 2.28. The average Bonchev–Trinajstić information content (AvgIpc) is 3.46. The molecule has 0 bridgehead atoms. The summed E-state index contributed by atoms with van der Waals surface area (Å²) in [5.41, 5.74) is 3.21. The molecule has 0 unspecified atom stereocenters. The Labute approximate surface area is 266 Å². The molecule has 1 amide bonds. The highest BCUT2D eigenvalue weighted by Gasteiger charge is 2.18. The lowest BCUT2D eigenvalue weighted by atomic mass is 9.93. The monoisotopic (exact) mass is 652 g/mol. The molecule has 4 rings (SSSR count). The van der Waals surface area contributed by atoms with E-state index in [1.54, 1.807) is 47.7 Å². The summed E-state index contributed by atoms with van der Waals surface area (Å²) in [5, 5.41) is 15.3. The number of nitrogens with zero attached hydrogens (tertiary/aromatic N) is 1. The Bertz CT molecular complexity index is 1770. The van der Waals surface area contributed by atoms with Crippen LogP contribution in [0.3, 0.4) is 0 Å². The minimum absolute atomic E-state index is 0.0416. The number of benzene rings is 3. The number of carbonyl (C=O) groups excluding carboxylic acids is 1. The summed E-state index contributed by atoms with van der Waals surface area (Å²) in [4.78, 5) is 29.3. The number of aromatic nitrogens is 1. The fourth-order valence-electron chi connectivity index (χ4n) is 4.18. The van der Waals surface area contributed by atoms with Crippen LogP contribution in [0, 0.1) is 0 Å². The number of halogens is 1. The van der Waals surface area contributed by atoms with Crippen molar-refractivity contribution < 1.29 is 27.9 Å². The molecule has 0 fully saturated rings. The van der Waals surface area contributed by atoms with Crippen LogP contribution in [-0.4, -0.2) is 42.7 Å². The number of ether oxygens (including phenoxy) is 1. The van der Waals surface area contributed by atoms with Gasteiger partial charge in [-0.05, 0) is 78.6 Å². The predicted octanol–water partition coefficient (Wildman–Crippen LogP) is 7.39. The fraction of sp³-hybridized carbons (Fsp3) is 0.242. The van der Waals surface area contributed by atoms with Crippen LogP contribution < -0.4 is 10.1 Å². The molecule has 4 aromatic rings. The van der Waals surface area contributed by atoms with Gasteiger partial charge in [0.25, 0.3) is 5.91 Å². The largest absolute Gasteiger partial charge is 0.480 e. The molecule has 1 heterocycles. The molecule has 0 saturated heterocycles. The summed E-state index contributed by atoms with van der Waals surface area (Å²) in [6.07, 6.45) is 4.54. The normalized spacial score (nSPS) is 11.9. The van der Waals surface area contributed by atoms with Crippen LogP contribution in [0.4, 0.5) is 5.69 Å². The highest BCUT2D eigenvalue weighted by molar-refractivity contribution is 7.91. The number of rotatable bonds is 12. The zero-order valence-electron chi connectivity index (χ0n) is 24.5. The first-order chi connectivity index (χ1) is 20.8. The van der Waals surface area contributed by atoms with Crippen LogP contribution in [0.5, 0.6) is 5.75 Å². The number of amides is 1. The van der Waals surface area contributed by atoms with Crippen LogP contribution in [0.1, 0.15) is 59.4 Å². The van der Waals surface area contributed by atoms with E-state index < -0.39 is 28.3 Å². The average molecular weight is 653 g/mol. The van der Waals surface area contributed by atoms with Crippen molar-refractivity contribution in [3.63, 3.8) is 0 Å². The number of aliphatic carboxylic acids is 1. The first-order valence-electron chi connectivity index (χ1n) is 13.8. The molecule has 8 nitrogen and oxygen atoms in total. The summed E-state index contributed by atoms with van der Waals surface area (Å²) >= 11 is 7.43. The Balaban J connectivity index is 1.47. The molecular weight excluding hydrogens is 620 g/mol. The molecule has 0 spiro atoms. The van der Waals surface area contributed by atoms with E-state index in [9.17, 15) is 18.0 Å². The predicted molar refractivity (Wildman–Crippen MR) is 176 cm³/mol. The van der Waals surface area contributed by atoms with E-state index >= 15 is 0 Å². The Morgan fingerprint density at radius 1 is 1.05 bits per heavy atom. The molecule has 0 saturated carbocycles. The maximum atomic E-state index is 13.3. The SMILES string of the molecule is CC(C)(C)c1csc(/C=C/c2cccc(C(=O)Nc3cc(CCCS(=O)(=O)c4ccc(Cl)cc4)ccc3OCC(=O)O)c2)n1. The Morgan fingerprint density at radius 2 is 1.80 bits per heavy atom. The maximum Gasteiger partial charge on any atom is 0.341 e. The summed E-state index contributed by atoms with van der Waals surface area (Å²) < 4.78 is 30.9. The Hall–Kier alpha value is -3.99. The van der Waals surface area contributed by atoms with Gasteiger partial charge in [0, 0.05) is 21.4 Å². The third kappa shape index (κ3) is 9.25. The number of nitrogens with one attached hydrogen (secondary N) is 1. The van der Waals surface area contributed by atoms with Crippen molar-refractivity contribution in [2.75, 3.05) is 17.7 Å². The Morgan fingerprint density at radius 3 is 2.48 bits per heavy atom. The third-order valence-corrected chi connectivity index (χ3v) is 9.43. The molecule has 0 aliphatic carbocycles. The van der Waals surface area contributed by atoms with Crippen molar-refractivity contribution in [1.82, 2.24) is 4.98 Å². The molecule has 11 heteroatoms. The van der Waals surface area contributed by atoms with Gasteiger partial charge < -0.3 is 15.2 Å². The summed E-state index contributed by atoms with van der Waals surface area (Å²) in [6, 6.07) is 18.1. The lowest BCUT2D eigenvalue weighted by Crippen LogP contribution is -2.15. The Kier molecular flexibility index (Phi) is 10.6. The number of carboxylic acid groups (broad SMARTS) is 1. The lowest BCUT2D eigenvalue weighted by molar-refractivity contribution is -0.139. The standard InChI is InChI=1S/C33H33ClN2O6S2/c1-33(2,3)29-21-43-30(36-29)16-10-22-6-4-8-24(18-22)32(39)35-27-19-23(9-15-28(27)42-20-31(37)38)7-5-17-44(40,41)26-13-11-25(34)12-14-26/h4,6,8-16,18-19,21H,5,7,17,20H2,1-3H3,(H,35,39)(H,37,38)/b16-10+. The van der Waals surface area contributed by atoms with Gasteiger partial charge in [0.15, 0.2) is 16.4 Å². The first kappa shape index (κ1) is 32.9. The zero-order valence-corrected chi connectivity index (χ0v) is 26.9. The van der Waals surface area contributed by atoms with Gasteiger partial charge in [-0.2, -0.15) is 0 Å². The van der Waals surface area contributed by atoms with Gasteiger partial charge in [-0.15, -0.1) is 11.3 Å². The number of aryl methyl sites for hydroxylation is 1. The summed E-state index contributed by atoms with van der Waals surface area (Å²) in [6.45, 7) is 5.74. The smallest absolute Gasteiger partial charge is 0.341 e. The molecular formula is C33H33ClN2O6S2. The van der Waals surface area contributed by atoms with Crippen molar-refractivity contribution >= 4 is 62.5 Å². The van der Waals surface area contributed by atoms with Crippen molar-refractivity contribution in [3.05, 3.63) is 105 Å². The van der Waals surface area contributed by atoms with Gasteiger partial charge in [0.1, 0.15) is 10.8 Å². The lowest BCUT2D eigenvalue weighted by Gasteiger charge is -2.14. The molecule has 230 valence electrons. The van der Waals surface area contributed by atoms with Crippen LogP contribution in [0.25, 0.3) is 12.2 Å². The molecule has 44 heavy (non-hydrogen) atoms. The second kappa shape index (κ2) is 14.2. The van der Waals surface area contributed by atoms with Crippen molar-refractivity contribution in [2.45, 2.75) is 43.9 Å². The van der Waals surface area contributed by atoms with E-state index in [1.807, 2.05) is 23.6 Å². The minimum Gasteiger partial charge on any atom is -0.480 e. The molecule has 0 radical (unpaired) electrons. The summed E-state index contributed by atoms with van der Waals surface area (Å²) in [5.74, 6) is -1.46. The van der Waals surface area contributed by atoms with Crippen LogP contribution >= 0.6 is 22.9 Å². The topological polar surface area (TPSA) is 123 Å². The fourth-order valence-corrected chi connectivity index (χ4v) is 6.55. The van der Waals surface area contributed by atoms with Crippen LogP contribution in [0.2, 0.25) is 5.02 Å². The minimum atomic E-state index is -3.50. The van der Waals surface area contributed by atoms with Gasteiger partial charge in [0.05, 0.1) is 22.0 Å². The maximum absolute atomic E-state index is 13.3.